The van der Waals surface area contributed by atoms with Crippen molar-refractivity contribution in [3.05, 3.63) is 35.4 Å². The van der Waals surface area contributed by atoms with E-state index in [9.17, 15) is 5.11 Å². The van der Waals surface area contributed by atoms with Gasteiger partial charge in [0.25, 0.3) is 0 Å². The molecule has 3 heteroatoms. The Balaban J connectivity index is 2.06. The van der Waals surface area contributed by atoms with Crippen molar-refractivity contribution in [3.63, 3.8) is 0 Å². The van der Waals surface area contributed by atoms with Crippen LogP contribution in [0.15, 0.2) is 24.3 Å². The summed E-state index contributed by atoms with van der Waals surface area (Å²) in [6.07, 6.45) is 1.62. The van der Waals surface area contributed by atoms with Crippen LogP contribution in [0.25, 0.3) is 0 Å². The summed E-state index contributed by atoms with van der Waals surface area (Å²) in [6, 6.07) is 7.98. The summed E-state index contributed by atoms with van der Waals surface area (Å²) in [7, 11) is 0. The number of rotatable bonds is 3. The number of nitrogens with one attached hydrogen (secondary N) is 1. The molecule has 16 heavy (non-hydrogen) atoms. The molecule has 1 saturated heterocycles. The Morgan fingerprint density at radius 1 is 1.19 bits per heavy atom. The summed E-state index contributed by atoms with van der Waals surface area (Å²) in [5, 5.41) is 21.7. The van der Waals surface area contributed by atoms with Gasteiger partial charge in [0.2, 0.25) is 0 Å². The fourth-order valence-electron chi connectivity index (χ4n) is 2.25. The molecule has 1 aliphatic heterocycles. The molecule has 0 saturated carbocycles. The van der Waals surface area contributed by atoms with Gasteiger partial charge in [-0.25, -0.2) is 0 Å². The van der Waals surface area contributed by atoms with Crippen LogP contribution < -0.4 is 5.32 Å². The van der Waals surface area contributed by atoms with Crippen molar-refractivity contribution in [3.8, 4) is 0 Å². The van der Waals surface area contributed by atoms with Crippen LogP contribution >= 0.6 is 0 Å². The molecule has 1 aliphatic rings. The van der Waals surface area contributed by atoms with Crippen LogP contribution in [0.5, 0.6) is 0 Å². The largest absolute Gasteiger partial charge is 0.393 e. The monoisotopic (exact) mass is 221 g/mol. The molecular formula is C13H19NO2. The summed E-state index contributed by atoms with van der Waals surface area (Å²) < 4.78 is 0. The van der Waals surface area contributed by atoms with E-state index in [-0.39, 0.29) is 6.61 Å². The molecule has 1 aromatic carbocycles. The van der Waals surface area contributed by atoms with E-state index < -0.39 is 6.10 Å². The van der Waals surface area contributed by atoms with Crippen LogP contribution in [0.2, 0.25) is 0 Å². The summed E-state index contributed by atoms with van der Waals surface area (Å²) in [5.41, 5.74) is 2.13. The molecule has 0 radical (unpaired) electrons. The lowest BCUT2D eigenvalue weighted by molar-refractivity contribution is 0.0956. The molecule has 88 valence electrons. The van der Waals surface area contributed by atoms with Crippen molar-refractivity contribution in [2.45, 2.75) is 24.9 Å². The summed E-state index contributed by atoms with van der Waals surface area (Å²) in [6.45, 7) is 1.96. The van der Waals surface area contributed by atoms with Crippen molar-refractivity contribution < 1.29 is 10.2 Å². The highest BCUT2D eigenvalue weighted by atomic mass is 16.3. The zero-order chi connectivity index (χ0) is 11.4. The van der Waals surface area contributed by atoms with E-state index >= 15 is 0 Å². The van der Waals surface area contributed by atoms with Gasteiger partial charge in [-0.2, -0.15) is 0 Å². The van der Waals surface area contributed by atoms with Crippen molar-refractivity contribution in [1.82, 2.24) is 5.32 Å². The number of hydrogen-bond acceptors (Lipinski definition) is 3. The summed E-state index contributed by atoms with van der Waals surface area (Å²) in [4.78, 5) is 0. The average molecular weight is 221 g/mol. The Morgan fingerprint density at radius 2 is 1.81 bits per heavy atom. The van der Waals surface area contributed by atoms with Crippen LogP contribution in [0.3, 0.4) is 0 Å². The first-order chi connectivity index (χ1) is 7.81. The first kappa shape index (κ1) is 11.6. The third-order valence-corrected chi connectivity index (χ3v) is 3.30. The molecule has 0 aliphatic carbocycles. The van der Waals surface area contributed by atoms with E-state index in [0.717, 1.165) is 18.7 Å². The maximum absolute atomic E-state index is 9.47. The zero-order valence-electron chi connectivity index (χ0n) is 9.39. The molecule has 0 spiro atoms. The third kappa shape index (κ3) is 2.61. The summed E-state index contributed by atoms with van der Waals surface area (Å²) in [5.74, 6) is 0.640. The van der Waals surface area contributed by atoms with E-state index in [4.69, 9.17) is 5.11 Å². The minimum Gasteiger partial charge on any atom is -0.393 e. The normalized spacial score (nSPS) is 19.6. The molecule has 0 aromatic heterocycles. The van der Waals surface area contributed by atoms with Gasteiger partial charge in [0, 0.05) is 0 Å². The highest BCUT2D eigenvalue weighted by Crippen LogP contribution is 2.26. The zero-order valence-corrected chi connectivity index (χ0v) is 9.39. The quantitative estimate of drug-likeness (QED) is 0.718. The number of aliphatic hydroxyl groups excluding tert-OH is 2. The molecule has 1 heterocycles. The van der Waals surface area contributed by atoms with Crippen LogP contribution in [0, 0.1) is 0 Å². The molecule has 1 aromatic rings. The Kier molecular flexibility index (Phi) is 3.93. The second-order valence-corrected chi connectivity index (χ2v) is 4.39. The predicted molar refractivity (Wildman–Crippen MR) is 63.3 cm³/mol. The fraction of sp³-hybridized carbons (Fsp3) is 0.538. The van der Waals surface area contributed by atoms with Crippen molar-refractivity contribution in [1.29, 1.82) is 0 Å². The lowest BCUT2D eigenvalue weighted by atomic mass is 9.89. The minimum atomic E-state index is -0.748. The topological polar surface area (TPSA) is 52.5 Å². The van der Waals surface area contributed by atoms with E-state index in [2.05, 4.69) is 17.4 Å². The second-order valence-electron chi connectivity index (χ2n) is 4.39. The van der Waals surface area contributed by atoms with Gasteiger partial charge in [0.05, 0.1) is 6.61 Å². The van der Waals surface area contributed by atoms with Gasteiger partial charge in [0.1, 0.15) is 6.10 Å². The molecule has 2 rings (SSSR count). The average Bonchev–Trinajstić information content (AvgIpc) is 2.39. The lowest BCUT2D eigenvalue weighted by Crippen LogP contribution is -2.26. The number of hydrogen-bond donors (Lipinski definition) is 3. The lowest BCUT2D eigenvalue weighted by Gasteiger charge is -2.23. The van der Waals surface area contributed by atoms with Gasteiger partial charge in [-0.1, -0.05) is 24.3 Å². The van der Waals surface area contributed by atoms with Crippen molar-refractivity contribution in [2.75, 3.05) is 19.7 Å². The highest BCUT2D eigenvalue weighted by Gasteiger charge is 2.15. The van der Waals surface area contributed by atoms with E-state index in [1.54, 1.807) is 0 Å². The molecule has 1 unspecified atom stereocenters. The van der Waals surface area contributed by atoms with Gasteiger partial charge >= 0.3 is 0 Å². The maximum atomic E-state index is 9.47. The van der Waals surface area contributed by atoms with Gasteiger partial charge < -0.3 is 15.5 Å². The van der Waals surface area contributed by atoms with Crippen LogP contribution in [-0.2, 0) is 0 Å². The second kappa shape index (κ2) is 5.43. The van der Waals surface area contributed by atoms with Crippen LogP contribution in [-0.4, -0.2) is 29.9 Å². The molecule has 0 bridgehead atoms. The Hall–Kier alpha value is -0.900. The van der Waals surface area contributed by atoms with Gasteiger partial charge in [-0.3, -0.25) is 0 Å². The Bertz CT molecular complexity index is 317. The number of benzene rings is 1. The number of piperidine rings is 1. The summed E-state index contributed by atoms with van der Waals surface area (Å²) >= 11 is 0. The van der Waals surface area contributed by atoms with Gasteiger partial charge in [0.15, 0.2) is 0 Å². The first-order valence-electron chi connectivity index (χ1n) is 5.90. The standard InChI is InChI=1S/C13H19NO2/c15-9-13(16)12-3-1-10(2-4-12)11-5-7-14-8-6-11/h1-4,11,13-16H,5-9H2. The van der Waals surface area contributed by atoms with Gasteiger partial charge in [-0.05, 0) is 43.0 Å². The SMILES string of the molecule is OCC(O)c1ccc(C2CCNCC2)cc1. The van der Waals surface area contributed by atoms with Gasteiger partial charge in [-0.15, -0.1) is 0 Å². The maximum Gasteiger partial charge on any atom is 0.102 e. The molecule has 3 nitrogen and oxygen atoms in total. The van der Waals surface area contributed by atoms with E-state index in [0.29, 0.717) is 5.92 Å². The smallest absolute Gasteiger partial charge is 0.102 e. The van der Waals surface area contributed by atoms with Crippen LogP contribution in [0.4, 0.5) is 0 Å². The molecule has 1 fully saturated rings. The first-order valence-corrected chi connectivity index (χ1v) is 5.90. The third-order valence-electron chi connectivity index (χ3n) is 3.30. The van der Waals surface area contributed by atoms with Crippen molar-refractivity contribution >= 4 is 0 Å². The van der Waals surface area contributed by atoms with E-state index in [1.165, 1.54) is 18.4 Å². The van der Waals surface area contributed by atoms with Crippen molar-refractivity contribution in [2.24, 2.45) is 0 Å². The molecular weight excluding hydrogens is 202 g/mol. The number of aliphatic hydroxyl groups is 2. The molecule has 1 atom stereocenters. The fourth-order valence-corrected chi connectivity index (χ4v) is 2.25. The Morgan fingerprint density at radius 3 is 2.38 bits per heavy atom. The van der Waals surface area contributed by atoms with E-state index in [1.807, 2.05) is 12.1 Å². The molecule has 3 N–H and O–H groups in total. The highest BCUT2D eigenvalue weighted by molar-refractivity contribution is 5.27. The van der Waals surface area contributed by atoms with Crippen LogP contribution in [0.1, 0.15) is 36.0 Å². The minimum absolute atomic E-state index is 0.216. The molecule has 0 amide bonds. The Labute approximate surface area is 96.1 Å². The predicted octanol–water partition coefficient (Wildman–Crippen LogP) is 1.18.